The molecule has 0 spiro atoms. The number of urea groups is 1. The third-order valence-electron chi connectivity index (χ3n) is 5.12. The molecule has 2 saturated heterocycles. The number of carbonyl (C=O) groups excluding carboxylic acids is 1. The average molecular weight is 316 g/mol. The van der Waals surface area contributed by atoms with Crippen molar-refractivity contribution in [3.05, 3.63) is 29.8 Å². The lowest BCUT2D eigenvalue weighted by Gasteiger charge is -2.29. The summed E-state index contributed by atoms with van der Waals surface area (Å²) in [5, 5.41) is 0. The number of nitrogens with two attached hydrogens (primary N) is 1. The van der Waals surface area contributed by atoms with Crippen molar-refractivity contribution in [1.29, 1.82) is 0 Å². The first-order valence-electron chi connectivity index (χ1n) is 8.38. The summed E-state index contributed by atoms with van der Waals surface area (Å²) in [6.45, 7) is 6.98. The van der Waals surface area contributed by atoms with Crippen LogP contribution in [0.4, 0.5) is 10.5 Å². The monoisotopic (exact) mass is 316 g/mol. The van der Waals surface area contributed by atoms with Gasteiger partial charge < -0.3 is 15.5 Å². The van der Waals surface area contributed by atoms with E-state index in [1.807, 2.05) is 9.80 Å². The molecule has 0 bridgehead atoms. The van der Waals surface area contributed by atoms with Crippen molar-refractivity contribution in [3.8, 4) is 0 Å². The fourth-order valence-corrected chi connectivity index (χ4v) is 3.96. The topological polar surface area (TPSA) is 52.8 Å². The van der Waals surface area contributed by atoms with Gasteiger partial charge in [-0.2, -0.15) is 0 Å². The number of amides is 2. The summed E-state index contributed by atoms with van der Waals surface area (Å²) in [5.41, 5.74) is 8.47. The van der Waals surface area contributed by atoms with Crippen LogP contribution in [-0.4, -0.2) is 61.6 Å². The Morgan fingerprint density at radius 2 is 1.91 bits per heavy atom. The summed E-state index contributed by atoms with van der Waals surface area (Å²) in [4.78, 5) is 18.5. The van der Waals surface area contributed by atoms with Gasteiger partial charge in [-0.1, -0.05) is 26.0 Å². The predicted octanol–water partition coefficient (Wildman–Crippen LogP) is 1.87. The molecule has 1 aromatic rings. The van der Waals surface area contributed by atoms with Crippen LogP contribution in [0.3, 0.4) is 0 Å². The molecule has 1 aromatic carbocycles. The van der Waals surface area contributed by atoms with Gasteiger partial charge in [-0.15, -0.1) is 0 Å². The summed E-state index contributed by atoms with van der Waals surface area (Å²) in [7, 11) is 4.19. The quantitative estimate of drug-likeness (QED) is 0.922. The molecule has 2 N–H and O–H groups in total. The van der Waals surface area contributed by atoms with Gasteiger partial charge in [0.1, 0.15) is 0 Å². The molecule has 5 nitrogen and oxygen atoms in total. The molecule has 0 unspecified atom stereocenters. The van der Waals surface area contributed by atoms with E-state index in [2.05, 4.69) is 57.1 Å². The minimum atomic E-state index is 0.0827. The second-order valence-corrected chi connectivity index (χ2v) is 7.77. The molecule has 126 valence electrons. The number of hydrogen-bond acceptors (Lipinski definition) is 3. The average Bonchev–Trinajstić information content (AvgIpc) is 2.99. The third-order valence-corrected chi connectivity index (χ3v) is 5.12. The molecular formula is C18H28N4O. The fraction of sp³-hybridized carbons (Fsp3) is 0.611. The summed E-state index contributed by atoms with van der Waals surface area (Å²) >= 11 is 0. The Bertz CT molecular complexity index is 581. The molecule has 0 aliphatic carbocycles. The molecule has 2 aliphatic heterocycles. The number of nitrogens with zero attached hydrogens (tertiary/aromatic N) is 3. The lowest BCUT2D eigenvalue weighted by atomic mass is 9.84. The zero-order valence-electron chi connectivity index (χ0n) is 14.6. The summed E-state index contributed by atoms with van der Waals surface area (Å²) in [6, 6.07) is 8.82. The molecule has 5 heteroatoms. The number of carbonyl (C=O) groups is 1. The molecule has 0 radical (unpaired) electrons. The van der Waals surface area contributed by atoms with E-state index in [4.69, 9.17) is 5.73 Å². The van der Waals surface area contributed by atoms with Gasteiger partial charge in [0, 0.05) is 36.8 Å². The predicted molar refractivity (Wildman–Crippen MR) is 93.9 cm³/mol. The van der Waals surface area contributed by atoms with Crippen LogP contribution in [0.1, 0.15) is 25.8 Å². The van der Waals surface area contributed by atoms with Gasteiger partial charge in [0.05, 0.1) is 6.04 Å². The minimum Gasteiger partial charge on any atom is -0.326 e. The van der Waals surface area contributed by atoms with Gasteiger partial charge in [-0.05, 0) is 38.2 Å². The van der Waals surface area contributed by atoms with Gasteiger partial charge in [-0.3, -0.25) is 4.90 Å². The zero-order valence-corrected chi connectivity index (χ0v) is 14.6. The lowest BCUT2D eigenvalue weighted by Crippen LogP contribution is -2.37. The van der Waals surface area contributed by atoms with Crippen molar-refractivity contribution >= 4 is 11.7 Å². The van der Waals surface area contributed by atoms with E-state index < -0.39 is 0 Å². The Labute approximate surface area is 139 Å². The van der Waals surface area contributed by atoms with Crippen molar-refractivity contribution in [2.75, 3.05) is 38.6 Å². The van der Waals surface area contributed by atoms with Crippen LogP contribution in [0.2, 0.25) is 0 Å². The molecule has 0 aromatic heterocycles. The highest BCUT2D eigenvalue weighted by molar-refractivity contribution is 5.95. The summed E-state index contributed by atoms with van der Waals surface area (Å²) in [6.07, 6.45) is 0.919. The van der Waals surface area contributed by atoms with E-state index >= 15 is 0 Å². The van der Waals surface area contributed by atoms with E-state index in [1.54, 1.807) is 0 Å². The van der Waals surface area contributed by atoms with E-state index in [0.717, 1.165) is 25.2 Å². The van der Waals surface area contributed by atoms with Crippen LogP contribution in [0.5, 0.6) is 0 Å². The molecule has 2 fully saturated rings. The maximum Gasteiger partial charge on any atom is 0.324 e. The van der Waals surface area contributed by atoms with Crippen molar-refractivity contribution in [2.45, 2.75) is 37.8 Å². The number of anilines is 1. The van der Waals surface area contributed by atoms with E-state index in [-0.39, 0.29) is 23.5 Å². The van der Waals surface area contributed by atoms with Crippen molar-refractivity contribution in [3.63, 3.8) is 0 Å². The number of benzene rings is 1. The van der Waals surface area contributed by atoms with E-state index in [9.17, 15) is 4.79 Å². The highest BCUT2D eigenvalue weighted by Crippen LogP contribution is 2.31. The minimum absolute atomic E-state index is 0.0827. The molecule has 2 aliphatic rings. The zero-order chi connectivity index (χ0) is 16.8. The van der Waals surface area contributed by atoms with Crippen molar-refractivity contribution in [2.24, 2.45) is 5.73 Å². The van der Waals surface area contributed by atoms with Crippen LogP contribution in [0.15, 0.2) is 24.3 Å². The number of likely N-dealkylation sites (N-methyl/N-ethyl adjacent to an activating group) is 1. The van der Waals surface area contributed by atoms with Crippen LogP contribution in [-0.2, 0) is 5.41 Å². The molecular weight excluding hydrogens is 288 g/mol. The summed E-state index contributed by atoms with van der Waals surface area (Å²) < 4.78 is 0. The maximum absolute atomic E-state index is 12.5. The first-order chi connectivity index (χ1) is 10.8. The molecule has 0 saturated carbocycles. The van der Waals surface area contributed by atoms with Crippen LogP contribution in [0, 0.1) is 0 Å². The first kappa shape index (κ1) is 16.3. The second-order valence-electron chi connectivity index (χ2n) is 7.77. The molecule has 2 atom stereocenters. The third kappa shape index (κ3) is 2.95. The van der Waals surface area contributed by atoms with Crippen LogP contribution >= 0.6 is 0 Å². The standard InChI is InChI=1S/C18H28N4O/c1-18(2,12-20(3)4)13-5-7-14(8-6-13)22-11-16-15(19)9-10-21(16)17(22)23/h5-8,15-16H,9-12,19H2,1-4H3/t15-,16-/m1/s1. The fourth-order valence-electron chi connectivity index (χ4n) is 3.96. The second kappa shape index (κ2) is 5.80. The molecule has 3 rings (SSSR count). The Morgan fingerprint density at radius 1 is 1.26 bits per heavy atom. The first-order valence-corrected chi connectivity index (χ1v) is 8.38. The Hall–Kier alpha value is -1.59. The largest absolute Gasteiger partial charge is 0.326 e. The molecule has 2 amide bonds. The van der Waals surface area contributed by atoms with Gasteiger partial charge in [0.25, 0.3) is 0 Å². The normalized spacial score (nSPS) is 24.7. The number of fused-ring (bicyclic) bond motifs is 1. The van der Waals surface area contributed by atoms with Crippen molar-refractivity contribution < 1.29 is 4.79 Å². The number of hydrogen-bond donors (Lipinski definition) is 1. The SMILES string of the molecule is CN(C)CC(C)(C)c1ccc(N2C[C@@H]3[C@H](N)CCN3C2=O)cc1. The summed E-state index contributed by atoms with van der Waals surface area (Å²) in [5.74, 6) is 0. The van der Waals surface area contributed by atoms with Gasteiger partial charge in [-0.25, -0.2) is 4.79 Å². The van der Waals surface area contributed by atoms with Crippen molar-refractivity contribution in [1.82, 2.24) is 9.80 Å². The highest BCUT2D eigenvalue weighted by atomic mass is 16.2. The smallest absolute Gasteiger partial charge is 0.324 e. The Kier molecular flexibility index (Phi) is 4.10. The Balaban J connectivity index is 1.77. The van der Waals surface area contributed by atoms with Gasteiger partial charge in [0.15, 0.2) is 0 Å². The van der Waals surface area contributed by atoms with E-state index in [1.165, 1.54) is 5.56 Å². The number of rotatable bonds is 4. The molecule has 23 heavy (non-hydrogen) atoms. The van der Waals surface area contributed by atoms with Gasteiger partial charge in [0.2, 0.25) is 0 Å². The lowest BCUT2D eigenvalue weighted by molar-refractivity contribution is 0.218. The van der Waals surface area contributed by atoms with Gasteiger partial charge >= 0.3 is 6.03 Å². The maximum atomic E-state index is 12.5. The van der Waals surface area contributed by atoms with Crippen LogP contribution < -0.4 is 10.6 Å². The van der Waals surface area contributed by atoms with E-state index in [0.29, 0.717) is 6.54 Å². The molecule has 2 heterocycles. The Morgan fingerprint density at radius 3 is 2.48 bits per heavy atom. The highest BCUT2D eigenvalue weighted by Gasteiger charge is 2.44. The van der Waals surface area contributed by atoms with Crippen LogP contribution in [0.25, 0.3) is 0 Å².